The lowest BCUT2D eigenvalue weighted by molar-refractivity contribution is 0.368. The molecule has 2 aliphatic rings. The van der Waals surface area contributed by atoms with E-state index in [1.165, 1.54) is 54.8 Å². The van der Waals surface area contributed by atoms with Gasteiger partial charge in [-0.15, -0.1) is 0 Å². The van der Waals surface area contributed by atoms with Crippen molar-refractivity contribution in [1.82, 2.24) is 4.57 Å². The summed E-state index contributed by atoms with van der Waals surface area (Å²) in [5.41, 5.74) is 11.9. The van der Waals surface area contributed by atoms with Crippen molar-refractivity contribution in [3.8, 4) is 11.1 Å². The number of hydrogen-bond donors (Lipinski definition) is 0. The van der Waals surface area contributed by atoms with Gasteiger partial charge in [0.15, 0.2) is 0 Å². The molecule has 226 valence electrons. The van der Waals surface area contributed by atoms with Gasteiger partial charge in [0.05, 0.1) is 28.2 Å². The lowest BCUT2D eigenvalue weighted by atomic mass is 9.81. The van der Waals surface area contributed by atoms with Gasteiger partial charge >= 0.3 is 0 Å². The maximum atomic E-state index is 6.86. The molecule has 2 aromatic heterocycles. The van der Waals surface area contributed by atoms with Gasteiger partial charge in [-0.2, -0.15) is 0 Å². The van der Waals surface area contributed by atoms with Crippen molar-refractivity contribution in [3.63, 3.8) is 0 Å². The number of rotatable bonds is 3. The second kappa shape index (κ2) is 9.56. The molecule has 47 heavy (non-hydrogen) atoms. The molecule has 0 amide bonds. The summed E-state index contributed by atoms with van der Waals surface area (Å²) in [4.78, 5) is 5.83. The van der Waals surface area contributed by atoms with E-state index in [0.717, 1.165) is 40.0 Å². The number of fused-ring (bicyclic) bond motifs is 10. The van der Waals surface area contributed by atoms with Crippen molar-refractivity contribution in [2.24, 2.45) is 4.99 Å². The molecule has 2 unspecified atom stereocenters. The van der Waals surface area contributed by atoms with E-state index < -0.39 is 0 Å². The number of para-hydroxylation sites is 2. The highest BCUT2D eigenvalue weighted by Gasteiger charge is 2.39. The van der Waals surface area contributed by atoms with E-state index in [0.29, 0.717) is 0 Å². The Hall–Kier alpha value is -5.41. The third kappa shape index (κ3) is 3.60. The van der Waals surface area contributed by atoms with Gasteiger partial charge < -0.3 is 8.98 Å². The van der Waals surface area contributed by atoms with Gasteiger partial charge in [0.25, 0.3) is 0 Å². The number of hydrogen-bond acceptors (Lipinski definition) is 2. The molecule has 3 heteroatoms. The lowest BCUT2D eigenvalue weighted by Gasteiger charge is -2.31. The Kier molecular flexibility index (Phi) is 5.44. The van der Waals surface area contributed by atoms with Crippen molar-refractivity contribution in [2.45, 2.75) is 44.7 Å². The van der Waals surface area contributed by atoms with E-state index in [-0.39, 0.29) is 17.5 Å². The highest BCUT2D eigenvalue weighted by molar-refractivity contribution is 6.21. The molecule has 0 saturated carbocycles. The van der Waals surface area contributed by atoms with Crippen LogP contribution in [0.1, 0.15) is 67.3 Å². The Morgan fingerprint density at radius 1 is 0.660 bits per heavy atom. The highest BCUT2D eigenvalue weighted by Crippen LogP contribution is 2.51. The van der Waals surface area contributed by atoms with E-state index in [4.69, 9.17) is 9.41 Å². The fourth-order valence-corrected chi connectivity index (χ4v) is 8.67. The molecule has 1 aliphatic heterocycles. The summed E-state index contributed by atoms with van der Waals surface area (Å²) in [5.74, 6) is 1.11. The van der Waals surface area contributed by atoms with Crippen LogP contribution < -0.4 is 0 Å². The fraction of sp³-hybridized carbons (Fsp3) is 0.159. The largest absolute Gasteiger partial charge is 0.460 e. The summed E-state index contributed by atoms with van der Waals surface area (Å²) in [7, 11) is 0. The van der Waals surface area contributed by atoms with Crippen molar-refractivity contribution in [3.05, 3.63) is 155 Å². The molecular formula is C44H34N2O. The van der Waals surface area contributed by atoms with E-state index in [2.05, 4.69) is 153 Å². The summed E-state index contributed by atoms with van der Waals surface area (Å²) in [6, 6.07) is 46.5. The Morgan fingerprint density at radius 3 is 2.21 bits per heavy atom. The predicted molar refractivity (Wildman–Crippen MR) is 195 cm³/mol. The van der Waals surface area contributed by atoms with Gasteiger partial charge in [0, 0.05) is 27.1 Å². The number of aromatic nitrogens is 1. The van der Waals surface area contributed by atoms with Crippen molar-refractivity contribution >= 4 is 49.3 Å². The fourth-order valence-electron chi connectivity index (χ4n) is 8.67. The lowest BCUT2D eigenvalue weighted by Crippen LogP contribution is -2.25. The molecule has 8 aromatic rings. The van der Waals surface area contributed by atoms with Crippen LogP contribution in [-0.4, -0.2) is 10.3 Å². The second-order valence-corrected chi connectivity index (χ2v) is 13.8. The van der Waals surface area contributed by atoms with Gasteiger partial charge in [-0.25, -0.2) is 0 Å². The average Bonchev–Trinajstić information content (AvgIpc) is 3.72. The minimum Gasteiger partial charge on any atom is -0.460 e. The molecule has 1 aliphatic carbocycles. The topological polar surface area (TPSA) is 30.4 Å². The Labute approximate surface area is 273 Å². The van der Waals surface area contributed by atoms with Crippen LogP contribution in [0, 0.1) is 0 Å². The van der Waals surface area contributed by atoms with Crippen LogP contribution in [0.4, 0.5) is 0 Å². The monoisotopic (exact) mass is 606 g/mol. The summed E-state index contributed by atoms with van der Waals surface area (Å²) >= 11 is 0. The smallest absolute Gasteiger partial charge is 0.136 e. The molecule has 3 nitrogen and oxygen atoms in total. The van der Waals surface area contributed by atoms with E-state index in [1.807, 2.05) is 0 Å². The molecule has 0 N–H and O–H groups in total. The summed E-state index contributed by atoms with van der Waals surface area (Å²) in [6.45, 7) is 6.97. The molecule has 0 radical (unpaired) electrons. The minimum absolute atomic E-state index is 0.0711. The third-order valence-electron chi connectivity index (χ3n) is 11.0. The SMILES string of the molecule is CCC1c2oc3ccccc3c2C(c2ccc3c(c2)C(C)(C)c2ccccc2-3)=NC1n1c2ccccc2c2cc3ccccc3cc21. The highest BCUT2D eigenvalue weighted by atomic mass is 16.3. The first kappa shape index (κ1) is 26.8. The van der Waals surface area contributed by atoms with Crippen LogP contribution in [-0.2, 0) is 5.41 Å². The van der Waals surface area contributed by atoms with Crippen molar-refractivity contribution in [2.75, 3.05) is 0 Å². The van der Waals surface area contributed by atoms with Gasteiger partial charge in [-0.1, -0.05) is 118 Å². The molecule has 0 saturated heterocycles. The van der Waals surface area contributed by atoms with Crippen LogP contribution in [0.5, 0.6) is 0 Å². The molecule has 6 aromatic carbocycles. The average molecular weight is 607 g/mol. The Balaban J connectivity index is 1.27. The molecule has 10 rings (SSSR count). The number of benzene rings is 6. The summed E-state index contributed by atoms with van der Waals surface area (Å²) in [5, 5.41) is 6.14. The van der Waals surface area contributed by atoms with Crippen LogP contribution in [0.2, 0.25) is 0 Å². The summed E-state index contributed by atoms with van der Waals surface area (Å²) in [6.07, 6.45) is 0.729. The van der Waals surface area contributed by atoms with E-state index in [9.17, 15) is 0 Å². The van der Waals surface area contributed by atoms with E-state index >= 15 is 0 Å². The van der Waals surface area contributed by atoms with Crippen molar-refractivity contribution < 1.29 is 4.42 Å². The zero-order valence-electron chi connectivity index (χ0n) is 26.8. The van der Waals surface area contributed by atoms with Gasteiger partial charge in [0.2, 0.25) is 0 Å². The van der Waals surface area contributed by atoms with Crippen LogP contribution >= 0.6 is 0 Å². The van der Waals surface area contributed by atoms with Crippen molar-refractivity contribution in [1.29, 1.82) is 0 Å². The van der Waals surface area contributed by atoms with Gasteiger partial charge in [0.1, 0.15) is 17.5 Å². The van der Waals surface area contributed by atoms with Crippen LogP contribution in [0.25, 0.3) is 54.7 Å². The molecule has 3 heterocycles. The van der Waals surface area contributed by atoms with Gasteiger partial charge in [-0.05, 0) is 69.8 Å². The first-order chi connectivity index (χ1) is 23.0. The molecule has 2 atom stereocenters. The maximum absolute atomic E-state index is 6.86. The normalized spacial score (nSPS) is 18.1. The predicted octanol–water partition coefficient (Wildman–Crippen LogP) is 11.5. The molecular weight excluding hydrogens is 572 g/mol. The second-order valence-electron chi connectivity index (χ2n) is 13.8. The Bertz CT molecular complexity index is 2610. The number of furan rings is 1. The van der Waals surface area contributed by atoms with Crippen LogP contribution in [0.3, 0.4) is 0 Å². The quantitative estimate of drug-likeness (QED) is 0.197. The molecule has 0 spiro atoms. The first-order valence-electron chi connectivity index (χ1n) is 16.8. The van der Waals surface area contributed by atoms with E-state index in [1.54, 1.807) is 0 Å². The number of aliphatic imine (C=N–C) groups is 1. The summed E-state index contributed by atoms with van der Waals surface area (Å²) < 4.78 is 9.35. The Morgan fingerprint density at radius 2 is 1.36 bits per heavy atom. The zero-order chi connectivity index (χ0) is 31.4. The molecule has 0 bridgehead atoms. The third-order valence-corrected chi connectivity index (χ3v) is 11.0. The maximum Gasteiger partial charge on any atom is 0.136 e. The van der Waals surface area contributed by atoms with Crippen LogP contribution in [0.15, 0.2) is 137 Å². The standard InChI is InChI=1S/C44H34N2O/c1-4-29-42-40(33-17-9-12-20-39(33)47-42)41(28-21-22-31-30-15-7-10-18-35(30)44(2,3)36(31)24-28)45-43(29)46-37-19-11-8-16-32(37)34-23-26-13-5-6-14-27(26)25-38(34)46/h5-25,29,43H,4H2,1-3H3. The number of nitrogens with zero attached hydrogens (tertiary/aromatic N) is 2. The molecule has 0 fully saturated rings. The minimum atomic E-state index is -0.176. The van der Waals surface area contributed by atoms with Gasteiger partial charge in [-0.3, -0.25) is 4.99 Å². The first-order valence-corrected chi connectivity index (χ1v) is 16.8. The zero-order valence-corrected chi connectivity index (χ0v) is 26.8.